The first-order valence-corrected chi connectivity index (χ1v) is 11.2. The second kappa shape index (κ2) is 10.3. The van der Waals surface area contributed by atoms with Gasteiger partial charge in [0.2, 0.25) is 5.91 Å². The number of aryl methyl sites for hydroxylation is 2. The van der Waals surface area contributed by atoms with Crippen LogP contribution in [0.25, 0.3) is 11.3 Å². The molecule has 1 fully saturated rings. The molecule has 32 heavy (non-hydrogen) atoms. The summed E-state index contributed by atoms with van der Waals surface area (Å²) >= 11 is 0. The van der Waals surface area contributed by atoms with E-state index in [-0.39, 0.29) is 11.8 Å². The number of ether oxygens (including phenoxy) is 1. The number of carbonyl (C=O) groups is 1. The first-order valence-electron chi connectivity index (χ1n) is 11.2. The largest absolute Gasteiger partial charge is 0.492 e. The molecule has 166 valence electrons. The summed E-state index contributed by atoms with van der Waals surface area (Å²) in [4.78, 5) is 23.8. The molecule has 1 aliphatic rings. The van der Waals surface area contributed by atoms with E-state index in [1.807, 2.05) is 48.5 Å². The lowest BCUT2D eigenvalue weighted by Gasteiger charge is -2.33. The summed E-state index contributed by atoms with van der Waals surface area (Å²) in [6, 6.07) is 18.2. The Hall–Kier alpha value is -3.41. The van der Waals surface area contributed by atoms with Gasteiger partial charge in [0.05, 0.1) is 18.2 Å². The molecule has 3 aromatic rings. The third-order valence-electron chi connectivity index (χ3n) is 5.70. The van der Waals surface area contributed by atoms with Crippen molar-refractivity contribution < 1.29 is 9.53 Å². The van der Waals surface area contributed by atoms with Crippen molar-refractivity contribution in [3.63, 3.8) is 0 Å². The van der Waals surface area contributed by atoms with Crippen molar-refractivity contribution in [1.82, 2.24) is 15.3 Å². The van der Waals surface area contributed by atoms with Crippen LogP contribution >= 0.6 is 0 Å². The number of hydrogen-bond donors (Lipinski definition) is 1. The number of benzene rings is 2. The van der Waals surface area contributed by atoms with Crippen molar-refractivity contribution in [2.75, 3.05) is 31.1 Å². The minimum absolute atomic E-state index is 0.0555. The Morgan fingerprint density at radius 1 is 1.09 bits per heavy atom. The maximum absolute atomic E-state index is 12.8. The molecule has 1 N–H and O–H groups in total. The molecule has 6 heteroatoms. The summed E-state index contributed by atoms with van der Waals surface area (Å²) in [5.41, 5.74) is 4.30. The van der Waals surface area contributed by atoms with Gasteiger partial charge >= 0.3 is 0 Å². The summed E-state index contributed by atoms with van der Waals surface area (Å²) < 4.78 is 5.81. The SMILES string of the molecule is Cc1cc(C)cc(OCCNC(=O)C2CCCN(c3cc(-c4ccccc4)ncn3)C2)c1. The summed E-state index contributed by atoms with van der Waals surface area (Å²) in [6.45, 7) is 6.61. The van der Waals surface area contributed by atoms with Gasteiger partial charge in [0.15, 0.2) is 0 Å². The highest BCUT2D eigenvalue weighted by atomic mass is 16.5. The number of carbonyl (C=O) groups excluding carboxylic acids is 1. The molecule has 1 amide bonds. The highest BCUT2D eigenvalue weighted by Crippen LogP contribution is 2.25. The Bertz CT molecular complexity index is 1030. The van der Waals surface area contributed by atoms with E-state index >= 15 is 0 Å². The quantitative estimate of drug-likeness (QED) is 0.570. The van der Waals surface area contributed by atoms with Crippen LogP contribution in [0.2, 0.25) is 0 Å². The molecule has 1 atom stereocenters. The van der Waals surface area contributed by atoms with Crippen LogP contribution in [0.15, 0.2) is 60.9 Å². The van der Waals surface area contributed by atoms with Gasteiger partial charge in [0, 0.05) is 24.7 Å². The number of aromatic nitrogens is 2. The van der Waals surface area contributed by atoms with Crippen LogP contribution in [0.1, 0.15) is 24.0 Å². The maximum atomic E-state index is 12.8. The van der Waals surface area contributed by atoms with Crippen molar-refractivity contribution in [1.29, 1.82) is 0 Å². The molecule has 1 saturated heterocycles. The van der Waals surface area contributed by atoms with Crippen LogP contribution in [-0.2, 0) is 4.79 Å². The number of piperidine rings is 1. The molecule has 0 bridgehead atoms. The lowest BCUT2D eigenvalue weighted by atomic mass is 9.97. The van der Waals surface area contributed by atoms with E-state index in [4.69, 9.17) is 4.74 Å². The van der Waals surface area contributed by atoms with Crippen molar-refractivity contribution >= 4 is 11.7 Å². The van der Waals surface area contributed by atoms with Gasteiger partial charge in [-0.2, -0.15) is 0 Å². The molecule has 1 aliphatic heterocycles. The zero-order valence-electron chi connectivity index (χ0n) is 18.8. The van der Waals surface area contributed by atoms with E-state index in [0.29, 0.717) is 19.7 Å². The van der Waals surface area contributed by atoms with Crippen LogP contribution in [0.4, 0.5) is 5.82 Å². The highest BCUT2D eigenvalue weighted by Gasteiger charge is 2.26. The van der Waals surface area contributed by atoms with E-state index < -0.39 is 0 Å². The molecule has 2 aromatic carbocycles. The molecule has 6 nitrogen and oxygen atoms in total. The van der Waals surface area contributed by atoms with Gasteiger partial charge < -0.3 is 15.0 Å². The Kier molecular flexibility index (Phi) is 7.00. The van der Waals surface area contributed by atoms with Crippen molar-refractivity contribution in [3.05, 3.63) is 72.1 Å². The fourth-order valence-electron chi connectivity index (χ4n) is 4.19. The molecular formula is C26H30N4O2. The summed E-state index contributed by atoms with van der Waals surface area (Å²) in [5, 5.41) is 3.04. The molecule has 0 spiro atoms. The Labute approximate surface area is 189 Å². The van der Waals surface area contributed by atoms with Crippen LogP contribution < -0.4 is 15.0 Å². The van der Waals surface area contributed by atoms with E-state index in [1.54, 1.807) is 6.33 Å². The van der Waals surface area contributed by atoms with Crippen LogP contribution in [-0.4, -0.2) is 42.1 Å². The second-order valence-corrected chi connectivity index (χ2v) is 8.38. The second-order valence-electron chi connectivity index (χ2n) is 8.38. The summed E-state index contributed by atoms with van der Waals surface area (Å²) in [7, 11) is 0. The number of rotatable bonds is 7. The normalized spacial score (nSPS) is 15.9. The lowest BCUT2D eigenvalue weighted by Crippen LogP contribution is -2.44. The third kappa shape index (κ3) is 5.63. The standard InChI is InChI=1S/C26H30N4O2/c1-19-13-20(2)15-23(14-19)32-12-10-27-26(31)22-9-6-11-30(17-22)25-16-24(28-18-29-25)21-7-4-3-5-8-21/h3-5,7-8,13-16,18,22H,6,9-12,17H2,1-2H3,(H,27,31). The first-order chi connectivity index (χ1) is 15.6. The van der Waals surface area contributed by atoms with Gasteiger partial charge in [-0.3, -0.25) is 4.79 Å². The monoisotopic (exact) mass is 430 g/mol. The number of nitrogens with one attached hydrogen (secondary N) is 1. The fourth-order valence-corrected chi connectivity index (χ4v) is 4.19. The zero-order chi connectivity index (χ0) is 22.3. The third-order valence-corrected chi connectivity index (χ3v) is 5.70. The van der Waals surface area contributed by atoms with Gasteiger partial charge in [-0.25, -0.2) is 9.97 Å². The average Bonchev–Trinajstić information content (AvgIpc) is 2.82. The molecule has 1 aromatic heterocycles. The summed E-state index contributed by atoms with van der Waals surface area (Å²) in [6.07, 6.45) is 3.45. The molecule has 4 rings (SSSR count). The van der Waals surface area contributed by atoms with Gasteiger partial charge in [-0.05, 0) is 49.9 Å². The minimum Gasteiger partial charge on any atom is -0.492 e. The van der Waals surface area contributed by atoms with Crippen molar-refractivity contribution in [3.8, 4) is 17.0 Å². The first kappa shape index (κ1) is 21.8. The van der Waals surface area contributed by atoms with Gasteiger partial charge in [0.1, 0.15) is 24.5 Å². The van der Waals surface area contributed by atoms with Crippen molar-refractivity contribution in [2.24, 2.45) is 5.92 Å². The molecule has 0 radical (unpaired) electrons. The topological polar surface area (TPSA) is 67.3 Å². The maximum Gasteiger partial charge on any atom is 0.225 e. The van der Waals surface area contributed by atoms with Crippen LogP contribution in [0.5, 0.6) is 5.75 Å². The number of anilines is 1. The lowest BCUT2D eigenvalue weighted by molar-refractivity contribution is -0.125. The molecular weight excluding hydrogens is 400 g/mol. The van der Waals surface area contributed by atoms with E-state index in [2.05, 4.69) is 40.1 Å². The van der Waals surface area contributed by atoms with Crippen LogP contribution in [0, 0.1) is 19.8 Å². The number of amides is 1. The number of nitrogens with zero attached hydrogens (tertiary/aromatic N) is 3. The molecule has 1 unspecified atom stereocenters. The molecule has 0 aliphatic carbocycles. The predicted molar refractivity (Wildman–Crippen MR) is 127 cm³/mol. The van der Waals surface area contributed by atoms with E-state index in [1.165, 1.54) is 11.1 Å². The Morgan fingerprint density at radius 3 is 2.66 bits per heavy atom. The average molecular weight is 431 g/mol. The van der Waals surface area contributed by atoms with E-state index in [0.717, 1.165) is 42.2 Å². The smallest absolute Gasteiger partial charge is 0.225 e. The number of hydrogen-bond acceptors (Lipinski definition) is 5. The van der Waals surface area contributed by atoms with Gasteiger partial charge in [0.25, 0.3) is 0 Å². The van der Waals surface area contributed by atoms with Gasteiger partial charge in [-0.1, -0.05) is 36.4 Å². The minimum atomic E-state index is -0.0555. The fraction of sp³-hybridized carbons (Fsp3) is 0.346. The summed E-state index contributed by atoms with van der Waals surface area (Å²) in [5.74, 6) is 1.74. The highest BCUT2D eigenvalue weighted by molar-refractivity contribution is 5.79. The predicted octanol–water partition coefficient (Wildman–Crippen LogP) is 4.17. The Balaban J connectivity index is 1.30. The molecule has 2 heterocycles. The zero-order valence-corrected chi connectivity index (χ0v) is 18.8. The van der Waals surface area contributed by atoms with Crippen molar-refractivity contribution in [2.45, 2.75) is 26.7 Å². The molecule has 0 saturated carbocycles. The Morgan fingerprint density at radius 2 is 1.88 bits per heavy atom. The van der Waals surface area contributed by atoms with Crippen LogP contribution in [0.3, 0.4) is 0 Å². The van der Waals surface area contributed by atoms with Gasteiger partial charge in [-0.15, -0.1) is 0 Å². The van der Waals surface area contributed by atoms with E-state index in [9.17, 15) is 4.79 Å².